The first-order chi connectivity index (χ1) is 7.81. The van der Waals surface area contributed by atoms with Crippen LogP contribution in [0.25, 0.3) is 11.3 Å². The monoisotopic (exact) mass is 215 g/mol. The van der Waals surface area contributed by atoms with Crippen LogP contribution in [0.4, 0.5) is 0 Å². The van der Waals surface area contributed by atoms with Gasteiger partial charge in [-0.05, 0) is 31.2 Å². The molecule has 0 saturated carbocycles. The molecule has 0 aliphatic heterocycles. The SMILES string of the molecule is CCNC(C)c1ccc(-c2ccco2)cc1. The highest BCUT2D eigenvalue weighted by atomic mass is 16.3. The molecule has 84 valence electrons. The topological polar surface area (TPSA) is 25.2 Å². The molecular formula is C14H17NO. The Labute approximate surface area is 96.3 Å². The molecule has 16 heavy (non-hydrogen) atoms. The summed E-state index contributed by atoms with van der Waals surface area (Å²) in [7, 11) is 0. The zero-order valence-electron chi connectivity index (χ0n) is 9.73. The van der Waals surface area contributed by atoms with Crippen LogP contribution < -0.4 is 5.32 Å². The zero-order chi connectivity index (χ0) is 11.4. The summed E-state index contributed by atoms with van der Waals surface area (Å²) in [6, 6.07) is 12.8. The van der Waals surface area contributed by atoms with E-state index in [9.17, 15) is 0 Å². The van der Waals surface area contributed by atoms with Crippen molar-refractivity contribution in [2.45, 2.75) is 19.9 Å². The van der Waals surface area contributed by atoms with Crippen molar-refractivity contribution in [3.05, 3.63) is 48.2 Å². The van der Waals surface area contributed by atoms with E-state index in [0.29, 0.717) is 6.04 Å². The Morgan fingerprint density at radius 2 is 1.94 bits per heavy atom. The number of rotatable bonds is 4. The maximum absolute atomic E-state index is 5.35. The van der Waals surface area contributed by atoms with Crippen LogP contribution in [-0.2, 0) is 0 Å². The van der Waals surface area contributed by atoms with Gasteiger partial charge in [-0.3, -0.25) is 0 Å². The lowest BCUT2D eigenvalue weighted by atomic mass is 10.1. The Morgan fingerprint density at radius 3 is 2.50 bits per heavy atom. The summed E-state index contributed by atoms with van der Waals surface area (Å²) in [5.74, 6) is 0.919. The number of hydrogen-bond donors (Lipinski definition) is 1. The molecular weight excluding hydrogens is 198 g/mol. The van der Waals surface area contributed by atoms with Gasteiger partial charge in [0, 0.05) is 11.6 Å². The second-order valence-electron chi connectivity index (χ2n) is 3.88. The lowest BCUT2D eigenvalue weighted by Gasteiger charge is -2.12. The summed E-state index contributed by atoms with van der Waals surface area (Å²) in [6.45, 7) is 5.28. The minimum absolute atomic E-state index is 0.399. The average molecular weight is 215 g/mol. The quantitative estimate of drug-likeness (QED) is 0.842. The van der Waals surface area contributed by atoms with E-state index in [1.54, 1.807) is 6.26 Å². The van der Waals surface area contributed by atoms with E-state index in [1.165, 1.54) is 5.56 Å². The third-order valence-corrected chi connectivity index (χ3v) is 2.73. The van der Waals surface area contributed by atoms with Crippen LogP contribution in [0, 0.1) is 0 Å². The van der Waals surface area contributed by atoms with E-state index in [4.69, 9.17) is 4.42 Å². The first kappa shape index (κ1) is 11.0. The highest BCUT2D eigenvalue weighted by molar-refractivity contribution is 5.57. The molecule has 0 aliphatic carbocycles. The number of furan rings is 1. The third kappa shape index (κ3) is 2.34. The van der Waals surface area contributed by atoms with Crippen molar-refractivity contribution in [2.24, 2.45) is 0 Å². The predicted octanol–water partition coefficient (Wildman–Crippen LogP) is 3.62. The first-order valence-corrected chi connectivity index (χ1v) is 5.68. The molecule has 2 rings (SSSR count). The number of hydrogen-bond acceptors (Lipinski definition) is 2. The van der Waals surface area contributed by atoms with Gasteiger partial charge in [0.2, 0.25) is 0 Å². The fraction of sp³-hybridized carbons (Fsp3) is 0.286. The number of benzene rings is 1. The van der Waals surface area contributed by atoms with Gasteiger partial charge < -0.3 is 9.73 Å². The van der Waals surface area contributed by atoms with Crippen molar-refractivity contribution in [1.82, 2.24) is 5.32 Å². The average Bonchev–Trinajstić information content (AvgIpc) is 2.83. The number of nitrogens with one attached hydrogen (secondary N) is 1. The Morgan fingerprint density at radius 1 is 1.19 bits per heavy atom. The molecule has 1 aromatic heterocycles. The minimum Gasteiger partial charge on any atom is -0.464 e. The minimum atomic E-state index is 0.399. The molecule has 0 radical (unpaired) electrons. The molecule has 2 heteroatoms. The van der Waals surface area contributed by atoms with Crippen molar-refractivity contribution in [1.29, 1.82) is 0 Å². The smallest absolute Gasteiger partial charge is 0.133 e. The fourth-order valence-electron chi connectivity index (χ4n) is 1.80. The Balaban J connectivity index is 2.16. The Bertz CT molecular complexity index is 417. The zero-order valence-corrected chi connectivity index (χ0v) is 9.73. The van der Waals surface area contributed by atoms with Crippen LogP contribution >= 0.6 is 0 Å². The van der Waals surface area contributed by atoms with Gasteiger partial charge in [-0.25, -0.2) is 0 Å². The van der Waals surface area contributed by atoms with E-state index in [0.717, 1.165) is 17.9 Å². The van der Waals surface area contributed by atoms with Crippen molar-refractivity contribution < 1.29 is 4.42 Å². The van der Waals surface area contributed by atoms with Crippen LogP contribution in [0.3, 0.4) is 0 Å². The van der Waals surface area contributed by atoms with Gasteiger partial charge >= 0.3 is 0 Å². The van der Waals surface area contributed by atoms with E-state index in [1.807, 2.05) is 12.1 Å². The largest absolute Gasteiger partial charge is 0.464 e. The second-order valence-corrected chi connectivity index (χ2v) is 3.88. The molecule has 1 heterocycles. The third-order valence-electron chi connectivity index (χ3n) is 2.73. The first-order valence-electron chi connectivity index (χ1n) is 5.68. The summed E-state index contributed by atoms with van der Waals surface area (Å²) in [6.07, 6.45) is 1.70. The lowest BCUT2D eigenvalue weighted by molar-refractivity contribution is 0.581. The molecule has 2 aromatic rings. The molecule has 0 spiro atoms. The molecule has 1 unspecified atom stereocenters. The molecule has 0 saturated heterocycles. The van der Waals surface area contributed by atoms with E-state index >= 15 is 0 Å². The maximum Gasteiger partial charge on any atom is 0.133 e. The van der Waals surface area contributed by atoms with Gasteiger partial charge in [0.05, 0.1) is 6.26 Å². The Kier molecular flexibility index (Phi) is 3.42. The standard InChI is InChI=1S/C14H17NO/c1-3-15-11(2)12-6-8-13(9-7-12)14-5-4-10-16-14/h4-11,15H,3H2,1-2H3. The van der Waals surface area contributed by atoms with Crippen LogP contribution in [0.1, 0.15) is 25.5 Å². The molecule has 1 aromatic carbocycles. The molecule has 0 amide bonds. The molecule has 0 fully saturated rings. The van der Waals surface area contributed by atoms with Crippen LogP contribution in [0.2, 0.25) is 0 Å². The van der Waals surface area contributed by atoms with E-state index in [2.05, 4.69) is 43.4 Å². The summed E-state index contributed by atoms with van der Waals surface area (Å²) < 4.78 is 5.35. The van der Waals surface area contributed by atoms with Crippen LogP contribution in [0.15, 0.2) is 47.1 Å². The predicted molar refractivity (Wildman–Crippen MR) is 66.2 cm³/mol. The van der Waals surface area contributed by atoms with Crippen molar-refractivity contribution >= 4 is 0 Å². The second kappa shape index (κ2) is 4.99. The summed E-state index contributed by atoms with van der Waals surface area (Å²) in [5.41, 5.74) is 2.43. The molecule has 1 atom stereocenters. The van der Waals surface area contributed by atoms with Crippen molar-refractivity contribution in [3.63, 3.8) is 0 Å². The molecule has 2 nitrogen and oxygen atoms in total. The van der Waals surface area contributed by atoms with Gasteiger partial charge in [0.15, 0.2) is 0 Å². The highest BCUT2D eigenvalue weighted by Crippen LogP contribution is 2.22. The Hall–Kier alpha value is -1.54. The highest BCUT2D eigenvalue weighted by Gasteiger charge is 2.04. The lowest BCUT2D eigenvalue weighted by Crippen LogP contribution is -2.17. The van der Waals surface area contributed by atoms with Gasteiger partial charge in [-0.15, -0.1) is 0 Å². The molecule has 0 bridgehead atoms. The van der Waals surface area contributed by atoms with E-state index < -0.39 is 0 Å². The fourth-order valence-corrected chi connectivity index (χ4v) is 1.80. The van der Waals surface area contributed by atoms with Crippen LogP contribution in [0.5, 0.6) is 0 Å². The van der Waals surface area contributed by atoms with Gasteiger partial charge in [-0.1, -0.05) is 31.2 Å². The van der Waals surface area contributed by atoms with Crippen LogP contribution in [-0.4, -0.2) is 6.54 Å². The summed E-state index contributed by atoms with van der Waals surface area (Å²) in [5, 5.41) is 3.39. The van der Waals surface area contributed by atoms with Crippen molar-refractivity contribution in [2.75, 3.05) is 6.54 Å². The summed E-state index contributed by atoms with van der Waals surface area (Å²) in [4.78, 5) is 0. The normalized spacial score (nSPS) is 12.6. The molecule has 0 aliphatic rings. The van der Waals surface area contributed by atoms with Gasteiger partial charge in [-0.2, -0.15) is 0 Å². The maximum atomic E-state index is 5.35. The van der Waals surface area contributed by atoms with E-state index in [-0.39, 0.29) is 0 Å². The van der Waals surface area contributed by atoms with Gasteiger partial charge in [0.25, 0.3) is 0 Å². The molecule has 1 N–H and O–H groups in total. The van der Waals surface area contributed by atoms with Gasteiger partial charge in [0.1, 0.15) is 5.76 Å². The van der Waals surface area contributed by atoms with Crippen molar-refractivity contribution in [3.8, 4) is 11.3 Å². The summed E-state index contributed by atoms with van der Waals surface area (Å²) >= 11 is 0.